The van der Waals surface area contributed by atoms with Crippen LogP contribution >= 0.6 is 24.0 Å². The van der Waals surface area contributed by atoms with Crippen molar-refractivity contribution in [2.24, 2.45) is 0 Å². The molecule has 30 heavy (non-hydrogen) atoms. The minimum Gasteiger partial charge on any atom is -0.378 e. The Balaban J connectivity index is 0.00000256. The van der Waals surface area contributed by atoms with E-state index in [0.717, 1.165) is 10.8 Å². The van der Waals surface area contributed by atoms with Gasteiger partial charge < -0.3 is 15.0 Å². The maximum atomic E-state index is 13.2. The topological polar surface area (TPSA) is 79.0 Å². The Labute approximate surface area is 187 Å². The molecule has 0 aromatic heterocycles. The number of carbonyl (C=O) groups excluding carboxylic acids is 1. The fourth-order valence-corrected chi connectivity index (χ4v) is 5.51. The van der Waals surface area contributed by atoms with Crippen LogP contribution in [-0.2, 0) is 19.6 Å². The number of sulfonamides is 1. The molecule has 0 aliphatic carbocycles. The van der Waals surface area contributed by atoms with E-state index < -0.39 is 10.0 Å². The first-order valence-corrected chi connectivity index (χ1v) is 11.5. The van der Waals surface area contributed by atoms with Crippen molar-refractivity contribution in [3.05, 3.63) is 41.4 Å². The zero-order valence-electron chi connectivity index (χ0n) is 16.4. The van der Waals surface area contributed by atoms with Gasteiger partial charge in [-0.3, -0.25) is 4.79 Å². The van der Waals surface area contributed by atoms with Crippen LogP contribution in [0.4, 0.5) is 0 Å². The normalized spacial score (nSPS) is 20.7. The van der Waals surface area contributed by atoms with Crippen molar-refractivity contribution < 1.29 is 17.9 Å². The second kappa shape index (κ2) is 9.80. The smallest absolute Gasteiger partial charge is 0.243 e. The lowest BCUT2D eigenvalue weighted by Gasteiger charge is -2.34. The maximum absolute atomic E-state index is 13.2. The lowest BCUT2D eigenvalue weighted by molar-refractivity contribution is -0.135. The van der Waals surface area contributed by atoms with Crippen molar-refractivity contribution in [3.63, 3.8) is 0 Å². The van der Waals surface area contributed by atoms with Crippen LogP contribution in [0.5, 0.6) is 0 Å². The van der Waals surface area contributed by atoms with Gasteiger partial charge in [0.2, 0.25) is 15.9 Å². The molecule has 7 nitrogen and oxygen atoms in total. The van der Waals surface area contributed by atoms with E-state index in [1.807, 2.05) is 12.1 Å². The summed E-state index contributed by atoms with van der Waals surface area (Å²) in [6.45, 7) is 3.46. The Morgan fingerprint density at radius 1 is 1.10 bits per heavy atom. The van der Waals surface area contributed by atoms with E-state index >= 15 is 0 Å². The zero-order valence-corrected chi connectivity index (χ0v) is 18.8. The molecule has 0 spiro atoms. The highest BCUT2D eigenvalue weighted by atomic mass is 35.5. The van der Waals surface area contributed by atoms with E-state index in [2.05, 4.69) is 5.32 Å². The van der Waals surface area contributed by atoms with E-state index in [-0.39, 0.29) is 42.2 Å². The minimum absolute atomic E-state index is 0. The predicted octanol–water partition coefficient (Wildman–Crippen LogP) is 2.13. The highest BCUT2D eigenvalue weighted by molar-refractivity contribution is 7.89. The third-order valence-corrected chi connectivity index (χ3v) is 7.51. The van der Waals surface area contributed by atoms with Crippen LogP contribution in [0.1, 0.15) is 6.42 Å². The zero-order chi connectivity index (χ0) is 20.4. The molecule has 0 radical (unpaired) electrons. The molecule has 1 amide bonds. The SMILES string of the molecule is Cl.O=C(CC1CN(S(=O)(=O)c2ccc3cc(Cl)ccc3c2)CCN1)N1CCOCC1. The van der Waals surface area contributed by atoms with E-state index in [0.29, 0.717) is 44.4 Å². The number of benzene rings is 2. The molecular formula is C20H25Cl2N3O4S. The van der Waals surface area contributed by atoms with Crippen LogP contribution in [0.3, 0.4) is 0 Å². The third-order valence-electron chi connectivity index (χ3n) is 5.41. The molecule has 4 rings (SSSR count). The molecule has 2 aliphatic rings. The number of carbonyl (C=O) groups is 1. The van der Waals surface area contributed by atoms with Gasteiger partial charge in [0.05, 0.1) is 18.1 Å². The van der Waals surface area contributed by atoms with Gasteiger partial charge in [0.15, 0.2) is 0 Å². The number of ether oxygens (including phenoxy) is 1. The molecule has 10 heteroatoms. The quantitative estimate of drug-likeness (QED) is 0.735. The van der Waals surface area contributed by atoms with Crippen LogP contribution in [0.25, 0.3) is 10.8 Å². The van der Waals surface area contributed by atoms with Crippen molar-refractivity contribution in [1.82, 2.24) is 14.5 Å². The van der Waals surface area contributed by atoms with Gasteiger partial charge in [-0.1, -0.05) is 23.7 Å². The first kappa shape index (κ1) is 23.2. The molecule has 164 valence electrons. The van der Waals surface area contributed by atoms with Gasteiger partial charge in [0.25, 0.3) is 0 Å². The molecule has 0 bridgehead atoms. The Bertz CT molecular complexity index is 1010. The van der Waals surface area contributed by atoms with Gasteiger partial charge in [-0.05, 0) is 35.0 Å². The average Bonchev–Trinajstić information content (AvgIpc) is 2.74. The molecule has 2 aromatic carbocycles. The van der Waals surface area contributed by atoms with E-state index in [1.165, 1.54) is 4.31 Å². The molecule has 1 atom stereocenters. The summed E-state index contributed by atoms with van der Waals surface area (Å²) >= 11 is 6.01. The molecule has 2 fully saturated rings. The Hall–Kier alpha value is -1.42. The lowest BCUT2D eigenvalue weighted by Crippen LogP contribution is -2.54. The summed E-state index contributed by atoms with van der Waals surface area (Å²) < 4.78 is 33.1. The van der Waals surface area contributed by atoms with Crippen LogP contribution in [0.2, 0.25) is 5.02 Å². The Kier molecular flexibility index (Phi) is 7.60. The number of rotatable bonds is 4. The first-order valence-electron chi connectivity index (χ1n) is 9.72. The summed E-state index contributed by atoms with van der Waals surface area (Å²) in [5.74, 6) is 0.0348. The number of hydrogen-bond acceptors (Lipinski definition) is 5. The van der Waals surface area contributed by atoms with Crippen LogP contribution in [-0.4, -0.2) is 75.5 Å². The fraction of sp³-hybridized carbons (Fsp3) is 0.450. The molecule has 2 aliphatic heterocycles. The molecule has 2 saturated heterocycles. The number of piperazine rings is 1. The molecule has 2 heterocycles. The number of nitrogens with one attached hydrogen (secondary N) is 1. The van der Waals surface area contributed by atoms with Crippen molar-refractivity contribution in [3.8, 4) is 0 Å². The van der Waals surface area contributed by atoms with E-state index in [9.17, 15) is 13.2 Å². The summed E-state index contributed by atoms with van der Waals surface area (Å²) in [6.07, 6.45) is 0.280. The second-order valence-corrected chi connectivity index (χ2v) is 9.74. The van der Waals surface area contributed by atoms with E-state index in [4.69, 9.17) is 16.3 Å². The molecular weight excluding hydrogens is 449 g/mol. The number of halogens is 2. The first-order chi connectivity index (χ1) is 13.9. The van der Waals surface area contributed by atoms with Gasteiger partial charge in [0, 0.05) is 50.2 Å². The summed E-state index contributed by atoms with van der Waals surface area (Å²) in [6, 6.07) is 10.2. The van der Waals surface area contributed by atoms with Gasteiger partial charge in [0.1, 0.15) is 0 Å². The lowest BCUT2D eigenvalue weighted by atomic mass is 10.1. The molecule has 2 aromatic rings. The van der Waals surface area contributed by atoms with Crippen LogP contribution in [0.15, 0.2) is 41.3 Å². The van der Waals surface area contributed by atoms with Crippen LogP contribution < -0.4 is 5.32 Å². The van der Waals surface area contributed by atoms with Crippen molar-refractivity contribution in [2.45, 2.75) is 17.4 Å². The molecule has 1 unspecified atom stereocenters. The Morgan fingerprint density at radius 2 is 1.80 bits per heavy atom. The summed E-state index contributed by atoms with van der Waals surface area (Å²) in [4.78, 5) is 14.6. The molecule has 0 saturated carbocycles. The summed E-state index contributed by atoms with van der Waals surface area (Å²) in [5.41, 5.74) is 0. The van der Waals surface area contributed by atoms with Gasteiger partial charge in [-0.15, -0.1) is 12.4 Å². The van der Waals surface area contributed by atoms with Gasteiger partial charge >= 0.3 is 0 Å². The maximum Gasteiger partial charge on any atom is 0.243 e. The third kappa shape index (κ3) is 5.07. The highest BCUT2D eigenvalue weighted by Gasteiger charge is 2.32. The van der Waals surface area contributed by atoms with Gasteiger partial charge in [-0.2, -0.15) is 4.31 Å². The predicted molar refractivity (Wildman–Crippen MR) is 119 cm³/mol. The highest BCUT2D eigenvalue weighted by Crippen LogP contribution is 2.25. The second-order valence-electron chi connectivity index (χ2n) is 7.36. The number of hydrogen-bond donors (Lipinski definition) is 1. The van der Waals surface area contributed by atoms with E-state index in [1.54, 1.807) is 29.2 Å². The summed E-state index contributed by atoms with van der Waals surface area (Å²) in [5, 5.41) is 5.61. The van der Waals surface area contributed by atoms with Gasteiger partial charge in [-0.25, -0.2) is 8.42 Å². The fourth-order valence-electron chi connectivity index (χ4n) is 3.81. The van der Waals surface area contributed by atoms with Crippen LogP contribution in [0, 0.1) is 0 Å². The largest absolute Gasteiger partial charge is 0.378 e. The standard InChI is InChI=1S/C20H24ClN3O4S.ClH/c21-17-3-1-16-12-19(4-2-15(16)11-17)29(26,27)24-6-5-22-18(14-24)13-20(25)23-7-9-28-10-8-23;/h1-4,11-12,18,22H,5-10,13-14H2;1H. The van der Waals surface area contributed by atoms with Crippen molar-refractivity contribution in [1.29, 1.82) is 0 Å². The monoisotopic (exact) mass is 473 g/mol. The number of morpholine rings is 1. The minimum atomic E-state index is -3.64. The number of amides is 1. The average molecular weight is 474 g/mol. The number of fused-ring (bicyclic) bond motifs is 1. The van der Waals surface area contributed by atoms with Crippen molar-refractivity contribution in [2.75, 3.05) is 45.9 Å². The molecule has 1 N–H and O–H groups in total. The number of nitrogens with zero attached hydrogens (tertiary/aromatic N) is 2. The summed E-state index contributed by atoms with van der Waals surface area (Å²) in [7, 11) is -3.64. The Morgan fingerprint density at radius 3 is 2.57 bits per heavy atom. The van der Waals surface area contributed by atoms with Crippen molar-refractivity contribution >= 4 is 50.7 Å².